The smallest absolute Gasteiger partial charge is 0.335 e. The van der Waals surface area contributed by atoms with Crippen molar-refractivity contribution in [1.29, 1.82) is 0 Å². The Kier molecular flexibility index (Phi) is 6.35. The SMILES string of the molecule is Cc1cc(/C=C2\SC(=O)N(CC(=O)OC(C)C)C2=O)c(C)n1-c1ccc(C(=O)O)cc1. The van der Waals surface area contributed by atoms with Gasteiger partial charge in [0, 0.05) is 17.1 Å². The summed E-state index contributed by atoms with van der Waals surface area (Å²) in [5.74, 6) is -2.17. The number of amides is 2. The van der Waals surface area contributed by atoms with Gasteiger partial charge in [0.2, 0.25) is 0 Å². The molecule has 0 unspecified atom stereocenters. The molecule has 0 aliphatic carbocycles. The predicted molar refractivity (Wildman–Crippen MR) is 116 cm³/mol. The Hall–Kier alpha value is -3.33. The molecule has 9 heteroatoms. The maximum Gasteiger partial charge on any atom is 0.335 e. The molecule has 0 bridgehead atoms. The van der Waals surface area contributed by atoms with Crippen molar-refractivity contribution >= 4 is 40.9 Å². The number of carbonyl (C=O) groups excluding carboxylic acids is 3. The first-order valence-electron chi connectivity index (χ1n) is 9.56. The molecule has 3 rings (SSSR count). The highest BCUT2D eigenvalue weighted by atomic mass is 32.2. The lowest BCUT2D eigenvalue weighted by molar-refractivity contribution is -0.149. The van der Waals surface area contributed by atoms with Gasteiger partial charge in [0.25, 0.3) is 11.1 Å². The number of esters is 1. The van der Waals surface area contributed by atoms with E-state index >= 15 is 0 Å². The number of hydrogen-bond donors (Lipinski definition) is 1. The van der Waals surface area contributed by atoms with Gasteiger partial charge in [-0.1, -0.05) is 0 Å². The fourth-order valence-electron chi connectivity index (χ4n) is 3.29. The molecular formula is C22H22N2O6S. The summed E-state index contributed by atoms with van der Waals surface area (Å²) in [7, 11) is 0. The van der Waals surface area contributed by atoms with Crippen LogP contribution < -0.4 is 0 Å². The minimum absolute atomic E-state index is 0.191. The first-order chi connectivity index (χ1) is 14.6. The van der Waals surface area contributed by atoms with Gasteiger partial charge in [-0.2, -0.15) is 0 Å². The second-order valence-electron chi connectivity index (χ2n) is 7.32. The first-order valence-corrected chi connectivity index (χ1v) is 10.4. The quantitative estimate of drug-likeness (QED) is 0.536. The molecule has 1 aromatic heterocycles. The highest BCUT2D eigenvalue weighted by Crippen LogP contribution is 2.33. The summed E-state index contributed by atoms with van der Waals surface area (Å²) in [4.78, 5) is 48.9. The number of aromatic nitrogens is 1. The van der Waals surface area contributed by atoms with Crippen molar-refractivity contribution in [3.63, 3.8) is 0 Å². The number of hydrogen-bond acceptors (Lipinski definition) is 6. The van der Waals surface area contributed by atoms with Gasteiger partial charge in [-0.15, -0.1) is 0 Å². The van der Waals surface area contributed by atoms with Gasteiger partial charge in [0.1, 0.15) is 6.54 Å². The summed E-state index contributed by atoms with van der Waals surface area (Å²) in [6.07, 6.45) is 1.29. The molecule has 2 amide bonds. The van der Waals surface area contributed by atoms with Gasteiger partial charge >= 0.3 is 11.9 Å². The normalized spacial score (nSPS) is 15.3. The van der Waals surface area contributed by atoms with Crippen LogP contribution >= 0.6 is 11.8 Å². The number of thioether (sulfide) groups is 1. The topological polar surface area (TPSA) is 106 Å². The van der Waals surface area contributed by atoms with Crippen LogP contribution in [-0.4, -0.2) is 50.3 Å². The molecule has 2 heterocycles. The highest BCUT2D eigenvalue weighted by molar-refractivity contribution is 8.18. The van der Waals surface area contributed by atoms with Crippen LogP contribution in [0.25, 0.3) is 11.8 Å². The number of ether oxygens (including phenoxy) is 1. The zero-order valence-electron chi connectivity index (χ0n) is 17.5. The third kappa shape index (κ3) is 4.72. The molecule has 1 fully saturated rings. The number of aryl methyl sites for hydroxylation is 1. The van der Waals surface area contributed by atoms with Crippen LogP contribution in [0.5, 0.6) is 0 Å². The molecule has 1 aromatic carbocycles. The van der Waals surface area contributed by atoms with E-state index in [1.54, 1.807) is 32.1 Å². The summed E-state index contributed by atoms with van der Waals surface area (Å²) in [5, 5.41) is 8.56. The van der Waals surface area contributed by atoms with Crippen LogP contribution in [-0.2, 0) is 14.3 Å². The molecule has 1 N–H and O–H groups in total. The highest BCUT2D eigenvalue weighted by Gasteiger charge is 2.37. The second-order valence-corrected chi connectivity index (χ2v) is 8.31. The average Bonchev–Trinajstić information content (AvgIpc) is 3.11. The van der Waals surface area contributed by atoms with Crippen molar-refractivity contribution in [3.05, 3.63) is 57.8 Å². The Labute approximate surface area is 183 Å². The zero-order valence-corrected chi connectivity index (χ0v) is 18.4. The van der Waals surface area contributed by atoms with Crippen LogP contribution in [0.15, 0.2) is 35.2 Å². The fraction of sp³-hybridized carbons (Fsp3) is 0.273. The molecule has 2 aromatic rings. The standard InChI is InChI=1S/C22H22N2O6S/c1-12(2)30-19(25)11-23-20(26)18(31-22(23)29)10-16-9-13(3)24(14(16)4)17-7-5-15(6-8-17)21(27)28/h5-10,12H,11H2,1-4H3,(H,27,28)/b18-10-. The summed E-state index contributed by atoms with van der Waals surface area (Å²) >= 11 is 0.779. The lowest BCUT2D eigenvalue weighted by Gasteiger charge is -2.13. The Balaban J connectivity index is 1.86. The van der Waals surface area contributed by atoms with Gasteiger partial charge in [-0.25, -0.2) is 4.79 Å². The van der Waals surface area contributed by atoms with E-state index in [1.165, 1.54) is 12.1 Å². The summed E-state index contributed by atoms with van der Waals surface area (Å²) < 4.78 is 6.95. The first kappa shape index (κ1) is 22.4. The maximum atomic E-state index is 12.7. The number of imide groups is 1. The van der Waals surface area contributed by atoms with Crippen LogP contribution in [0.4, 0.5) is 4.79 Å². The zero-order chi connectivity index (χ0) is 22.9. The summed E-state index contributed by atoms with van der Waals surface area (Å²) in [5.41, 5.74) is 3.42. The lowest BCUT2D eigenvalue weighted by Crippen LogP contribution is -2.35. The van der Waals surface area contributed by atoms with Crippen LogP contribution in [0.1, 0.15) is 41.2 Å². The molecule has 31 heavy (non-hydrogen) atoms. The number of aromatic carboxylic acids is 1. The average molecular weight is 442 g/mol. The van der Waals surface area contributed by atoms with E-state index in [-0.39, 0.29) is 16.6 Å². The third-order valence-electron chi connectivity index (χ3n) is 4.66. The van der Waals surface area contributed by atoms with E-state index < -0.39 is 29.6 Å². The number of carbonyl (C=O) groups is 4. The van der Waals surface area contributed by atoms with Crippen molar-refractivity contribution in [2.45, 2.75) is 33.8 Å². The van der Waals surface area contributed by atoms with Crippen molar-refractivity contribution < 1.29 is 29.0 Å². The molecule has 0 saturated carbocycles. The molecule has 162 valence electrons. The van der Waals surface area contributed by atoms with Gasteiger partial charge < -0.3 is 14.4 Å². The molecule has 0 atom stereocenters. The third-order valence-corrected chi connectivity index (χ3v) is 5.56. The van der Waals surface area contributed by atoms with E-state index in [1.807, 2.05) is 24.5 Å². The lowest BCUT2D eigenvalue weighted by atomic mass is 10.2. The Bertz CT molecular complexity index is 1100. The van der Waals surface area contributed by atoms with E-state index in [2.05, 4.69) is 0 Å². The number of carboxylic acid groups (broad SMARTS) is 1. The van der Waals surface area contributed by atoms with Gasteiger partial charge in [0.15, 0.2) is 0 Å². The molecule has 8 nitrogen and oxygen atoms in total. The molecular weight excluding hydrogens is 420 g/mol. The number of rotatable bonds is 6. The fourth-order valence-corrected chi connectivity index (χ4v) is 4.12. The molecule has 1 saturated heterocycles. The largest absolute Gasteiger partial charge is 0.478 e. The summed E-state index contributed by atoms with van der Waals surface area (Å²) in [6.45, 7) is 6.72. The molecule has 0 radical (unpaired) electrons. The van der Waals surface area contributed by atoms with E-state index in [4.69, 9.17) is 9.84 Å². The Morgan fingerprint density at radius 1 is 1.16 bits per heavy atom. The van der Waals surface area contributed by atoms with E-state index in [9.17, 15) is 19.2 Å². The number of benzene rings is 1. The Morgan fingerprint density at radius 2 is 1.81 bits per heavy atom. The van der Waals surface area contributed by atoms with Gasteiger partial charge in [-0.05, 0) is 81.4 Å². The predicted octanol–water partition coefficient (Wildman–Crippen LogP) is 3.78. The van der Waals surface area contributed by atoms with Crippen molar-refractivity contribution in [1.82, 2.24) is 9.47 Å². The molecule has 1 aliphatic rings. The monoisotopic (exact) mass is 442 g/mol. The molecule has 1 aliphatic heterocycles. The van der Waals surface area contributed by atoms with E-state index in [0.29, 0.717) is 0 Å². The van der Waals surface area contributed by atoms with Gasteiger partial charge in [-0.3, -0.25) is 19.3 Å². The van der Waals surface area contributed by atoms with Crippen LogP contribution in [0.2, 0.25) is 0 Å². The van der Waals surface area contributed by atoms with Crippen LogP contribution in [0, 0.1) is 13.8 Å². The van der Waals surface area contributed by atoms with E-state index in [0.717, 1.165) is 39.3 Å². The number of carboxylic acids is 1. The molecule has 0 spiro atoms. The van der Waals surface area contributed by atoms with Crippen molar-refractivity contribution in [3.8, 4) is 5.69 Å². The van der Waals surface area contributed by atoms with Gasteiger partial charge in [0.05, 0.1) is 16.6 Å². The van der Waals surface area contributed by atoms with Crippen LogP contribution in [0.3, 0.4) is 0 Å². The summed E-state index contributed by atoms with van der Waals surface area (Å²) in [6, 6.07) is 8.35. The Morgan fingerprint density at radius 3 is 2.39 bits per heavy atom. The van der Waals surface area contributed by atoms with Crippen molar-refractivity contribution in [2.24, 2.45) is 0 Å². The van der Waals surface area contributed by atoms with Crippen molar-refractivity contribution in [2.75, 3.05) is 6.54 Å². The minimum atomic E-state index is -0.999. The minimum Gasteiger partial charge on any atom is -0.478 e. The maximum absolute atomic E-state index is 12.7. The second kappa shape index (κ2) is 8.81. The number of nitrogens with zero attached hydrogens (tertiary/aromatic N) is 2.